The summed E-state index contributed by atoms with van der Waals surface area (Å²) in [5.41, 5.74) is 1.68. The molecule has 1 saturated heterocycles. The van der Waals surface area contributed by atoms with Crippen LogP contribution in [0.5, 0.6) is 0 Å². The summed E-state index contributed by atoms with van der Waals surface area (Å²) in [6.45, 7) is 5.38. The van der Waals surface area contributed by atoms with Crippen LogP contribution in [-0.2, 0) is 26.0 Å². The first-order chi connectivity index (χ1) is 11.8. The fourth-order valence-corrected chi connectivity index (χ4v) is 4.89. The zero-order valence-electron chi connectivity index (χ0n) is 14.6. The standard InChI is InChI=1S/C17H23N3O4S/c1-3-17(22)18-8-10-19(11-9-18)25(23,24)15-4-5-16-14(12-15)6-7-20(16)13(2)21/h4-5,12H,3,6-11H2,1-2H3. The molecule has 0 unspecified atom stereocenters. The minimum atomic E-state index is -3.59. The van der Waals surface area contributed by atoms with Crippen molar-refractivity contribution < 1.29 is 18.0 Å². The molecule has 8 heteroatoms. The summed E-state index contributed by atoms with van der Waals surface area (Å²) in [4.78, 5) is 27.0. The van der Waals surface area contributed by atoms with Gasteiger partial charge >= 0.3 is 0 Å². The van der Waals surface area contributed by atoms with Crippen molar-refractivity contribution in [3.05, 3.63) is 23.8 Å². The molecule has 3 rings (SSSR count). The van der Waals surface area contributed by atoms with Crippen molar-refractivity contribution in [3.63, 3.8) is 0 Å². The Morgan fingerprint density at radius 3 is 2.36 bits per heavy atom. The first kappa shape index (κ1) is 17.9. The van der Waals surface area contributed by atoms with Gasteiger partial charge in [-0.25, -0.2) is 8.42 Å². The third-order valence-electron chi connectivity index (χ3n) is 4.86. The van der Waals surface area contributed by atoms with E-state index >= 15 is 0 Å². The summed E-state index contributed by atoms with van der Waals surface area (Å²) in [6.07, 6.45) is 1.10. The number of hydrogen-bond donors (Lipinski definition) is 0. The summed E-state index contributed by atoms with van der Waals surface area (Å²) in [5.74, 6) is 0.0185. The Morgan fingerprint density at radius 1 is 1.08 bits per heavy atom. The molecule has 2 heterocycles. The highest BCUT2D eigenvalue weighted by Crippen LogP contribution is 2.31. The number of anilines is 1. The zero-order valence-corrected chi connectivity index (χ0v) is 15.4. The quantitative estimate of drug-likeness (QED) is 0.795. The molecule has 0 aromatic heterocycles. The fourth-order valence-electron chi connectivity index (χ4n) is 3.42. The van der Waals surface area contributed by atoms with Crippen LogP contribution in [0.25, 0.3) is 0 Å². The number of carbonyl (C=O) groups excluding carboxylic acids is 2. The molecular weight excluding hydrogens is 342 g/mol. The lowest BCUT2D eigenvalue weighted by Crippen LogP contribution is -2.50. The van der Waals surface area contributed by atoms with Gasteiger partial charge in [0, 0.05) is 51.8 Å². The third-order valence-corrected chi connectivity index (χ3v) is 6.75. The van der Waals surface area contributed by atoms with Gasteiger partial charge in [-0.1, -0.05) is 6.92 Å². The molecule has 7 nitrogen and oxygen atoms in total. The van der Waals surface area contributed by atoms with Crippen LogP contribution in [0.4, 0.5) is 5.69 Å². The molecule has 0 N–H and O–H groups in total. The van der Waals surface area contributed by atoms with Gasteiger partial charge in [0.05, 0.1) is 4.90 Å². The van der Waals surface area contributed by atoms with Crippen molar-refractivity contribution in [2.24, 2.45) is 0 Å². The molecular formula is C17H23N3O4S. The van der Waals surface area contributed by atoms with Crippen LogP contribution in [0, 0.1) is 0 Å². The van der Waals surface area contributed by atoms with E-state index in [1.807, 2.05) is 0 Å². The summed E-state index contributed by atoms with van der Waals surface area (Å²) in [7, 11) is -3.59. The number of benzene rings is 1. The topological polar surface area (TPSA) is 78.0 Å². The highest BCUT2D eigenvalue weighted by molar-refractivity contribution is 7.89. The number of fused-ring (bicyclic) bond motifs is 1. The predicted molar refractivity (Wildman–Crippen MR) is 93.8 cm³/mol. The highest BCUT2D eigenvalue weighted by Gasteiger charge is 2.31. The van der Waals surface area contributed by atoms with Crippen molar-refractivity contribution in [1.82, 2.24) is 9.21 Å². The van der Waals surface area contributed by atoms with Gasteiger partial charge < -0.3 is 9.80 Å². The third kappa shape index (κ3) is 3.28. The van der Waals surface area contributed by atoms with Crippen molar-refractivity contribution in [2.75, 3.05) is 37.6 Å². The minimum absolute atomic E-state index is 0.0360. The Balaban J connectivity index is 1.78. The van der Waals surface area contributed by atoms with Crippen molar-refractivity contribution in [3.8, 4) is 0 Å². The number of sulfonamides is 1. The number of amides is 2. The minimum Gasteiger partial charge on any atom is -0.340 e. The average Bonchev–Trinajstić information content (AvgIpc) is 3.04. The first-order valence-electron chi connectivity index (χ1n) is 8.53. The van der Waals surface area contributed by atoms with Gasteiger partial charge in [0.25, 0.3) is 0 Å². The molecule has 0 aliphatic carbocycles. The molecule has 2 aliphatic heterocycles. The summed E-state index contributed by atoms with van der Waals surface area (Å²) in [6, 6.07) is 4.96. The zero-order chi connectivity index (χ0) is 18.2. The number of rotatable bonds is 3. The van der Waals surface area contributed by atoms with Crippen molar-refractivity contribution in [1.29, 1.82) is 0 Å². The van der Waals surface area contributed by atoms with Crippen LogP contribution < -0.4 is 4.90 Å². The molecule has 136 valence electrons. The summed E-state index contributed by atoms with van der Waals surface area (Å²) in [5, 5.41) is 0. The van der Waals surface area contributed by atoms with Crippen LogP contribution in [0.15, 0.2) is 23.1 Å². The van der Waals surface area contributed by atoms with Gasteiger partial charge in [0.2, 0.25) is 21.8 Å². The Hall–Kier alpha value is -1.93. The van der Waals surface area contributed by atoms with Crippen LogP contribution in [0.1, 0.15) is 25.8 Å². The molecule has 25 heavy (non-hydrogen) atoms. The molecule has 1 fully saturated rings. The lowest BCUT2D eigenvalue weighted by atomic mass is 10.2. The van der Waals surface area contributed by atoms with Gasteiger partial charge in [-0.2, -0.15) is 4.31 Å². The Kier molecular flexibility index (Phi) is 4.83. The van der Waals surface area contributed by atoms with Crippen LogP contribution in [-0.4, -0.2) is 62.2 Å². The van der Waals surface area contributed by atoms with Crippen LogP contribution in [0.2, 0.25) is 0 Å². The van der Waals surface area contributed by atoms with E-state index < -0.39 is 10.0 Å². The van der Waals surface area contributed by atoms with E-state index in [-0.39, 0.29) is 16.7 Å². The van der Waals surface area contributed by atoms with E-state index in [1.54, 1.807) is 34.9 Å². The normalized spacial score (nSPS) is 18.3. The Morgan fingerprint density at radius 2 is 1.76 bits per heavy atom. The van der Waals surface area contributed by atoms with Gasteiger partial charge in [0.15, 0.2) is 0 Å². The van der Waals surface area contributed by atoms with Gasteiger partial charge in [-0.15, -0.1) is 0 Å². The molecule has 0 radical (unpaired) electrons. The molecule has 0 bridgehead atoms. The predicted octanol–water partition coefficient (Wildman–Crippen LogP) is 0.839. The lowest BCUT2D eigenvalue weighted by Gasteiger charge is -2.34. The van der Waals surface area contributed by atoms with E-state index in [0.29, 0.717) is 45.6 Å². The Bertz CT molecular complexity index is 798. The second kappa shape index (κ2) is 6.76. The molecule has 2 amide bonds. The van der Waals surface area contributed by atoms with Crippen LogP contribution >= 0.6 is 0 Å². The number of carbonyl (C=O) groups is 2. The lowest BCUT2D eigenvalue weighted by molar-refractivity contribution is -0.132. The second-order valence-corrected chi connectivity index (χ2v) is 8.29. The van der Waals surface area contributed by atoms with Gasteiger partial charge in [0.1, 0.15) is 0 Å². The number of nitrogens with zero attached hydrogens (tertiary/aromatic N) is 3. The maximum Gasteiger partial charge on any atom is 0.243 e. The SMILES string of the molecule is CCC(=O)N1CCN(S(=O)(=O)c2ccc3c(c2)CCN3C(C)=O)CC1. The highest BCUT2D eigenvalue weighted by atomic mass is 32.2. The molecule has 0 atom stereocenters. The molecule has 2 aliphatic rings. The monoisotopic (exact) mass is 365 g/mol. The van der Waals surface area contributed by atoms with Crippen molar-refractivity contribution in [2.45, 2.75) is 31.6 Å². The van der Waals surface area contributed by atoms with E-state index in [9.17, 15) is 18.0 Å². The largest absolute Gasteiger partial charge is 0.340 e. The van der Waals surface area contributed by atoms with E-state index in [0.717, 1.165) is 11.3 Å². The average molecular weight is 365 g/mol. The molecule has 0 saturated carbocycles. The maximum atomic E-state index is 12.9. The Labute approximate surface area is 148 Å². The summed E-state index contributed by atoms with van der Waals surface area (Å²) < 4.78 is 27.2. The fraction of sp³-hybridized carbons (Fsp3) is 0.529. The van der Waals surface area contributed by atoms with Crippen molar-refractivity contribution >= 4 is 27.5 Å². The number of hydrogen-bond acceptors (Lipinski definition) is 4. The second-order valence-electron chi connectivity index (χ2n) is 6.35. The molecule has 1 aromatic carbocycles. The first-order valence-corrected chi connectivity index (χ1v) is 9.97. The maximum absolute atomic E-state index is 12.9. The van der Waals surface area contributed by atoms with Gasteiger partial charge in [-0.3, -0.25) is 9.59 Å². The molecule has 1 aromatic rings. The summed E-state index contributed by atoms with van der Waals surface area (Å²) >= 11 is 0. The number of piperazine rings is 1. The van der Waals surface area contributed by atoms with E-state index in [2.05, 4.69) is 0 Å². The van der Waals surface area contributed by atoms with E-state index in [1.165, 1.54) is 11.2 Å². The van der Waals surface area contributed by atoms with Gasteiger partial charge in [-0.05, 0) is 30.2 Å². The van der Waals surface area contributed by atoms with E-state index in [4.69, 9.17) is 0 Å². The van der Waals surface area contributed by atoms with Crippen LogP contribution in [0.3, 0.4) is 0 Å². The molecule has 0 spiro atoms. The smallest absolute Gasteiger partial charge is 0.243 e.